The highest BCUT2D eigenvalue weighted by Gasteiger charge is 2.27. The van der Waals surface area contributed by atoms with E-state index in [4.69, 9.17) is 12.2 Å². The Morgan fingerprint density at radius 3 is 2.39 bits per heavy atom. The van der Waals surface area contributed by atoms with Gasteiger partial charge >= 0.3 is 0 Å². The molecule has 1 aliphatic rings. The van der Waals surface area contributed by atoms with E-state index in [1.165, 1.54) is 37.8 Å². The summed E-state index contributed by atoms with van der Waals surface area (Å²) >= 11 is 5.49. The number of nitrogens with zero attached hydrogens (tertiary/aromatic N) is 1. The molecule has 2 nitrogen and oxygen atoms in total. The van der Waals surface area contributed by atoms with Gasteiger partial charge in [0.1, 0.15) is 0 Å². The standard InChI is InChI=1S/C15H26N2S/c1-5-11-6-8-12(9-7-11)17-13(15(2,3)4)10-16-14(17)18/h10-12H,5-9H2,1-4H3,(H,16,18). The monoisotopic (exact) mass is 266 g/mol. The fourth-order valence-electron chi connectivity index (χ4n) is 3.13. The SMILES string of the molecule is CCC1CCC(n2c(C(C)(C)C)c[nH]c2=S)CC1. The van der Waals surface area contributed by atoms with Crippen molar-refractivity contribution in [2.75, 3.05) is 0 Å². The van der Waals surface area contributed by atoms with Crippen molar-refractivity contribution in [2.45, 2.75) is 71.3 Å². The number of aromatic nitrogens is 2. The minimum absolute atomic E-state index is 0.162. The topological polar surface area (TPSA) is 20.7 Å². The highest BCUT2D eigenvalue weighted by Crippen LogP contribution is 2.36. The summed E-state index contributed by atoms with van der Waals surface area (Å²) in [5.41, 5.74) is 1.52. The molecule has 1 aliphatic carbocycles. The average Bonchev–Trinajstić information content (AvgIpc) is 2.71. The second kappa shape index (κ2) is 5.20. The van der Waals surface area contributed by atoms with Gasteiger partial charge in [0, 0.05) is 23.3 Å². The van der Waals surface area contributed by atoms with Crippen molar-refractivity contribution in [1.82, 2.24) is 9.55 Å². The van der Waals surface area contributed by atoms with Crippen molar-refractivity contribution in [3.05, 3.63) is 16.7 Å². The summed E-state index contributed by atoms with van der Waals surface area (Å²) in [5.74, 6) is 0.937. The molecular formula is C15H26N2S. The highest BCUT2D eigenvalue weighted by atomic mass is 32.1. The zero-order valence-electron chi connectivity index (χ0n) is 12.1. The van der Waals surface area contributed by atoms with Crippen LogP contribution in [0.15, 0.2) is 6.20 Å². The van der Waals surface area contributed by atoms with E-state index in [2.05, 4.69) is 43.4 Å². The first kappa shape index (κ1) is 13.9. The lowest BCUT2D eigenvalue weighted by molar-refractivity contribution is 0.259. The molecule has 0 spiro atoms. The number of nitrogens with one attached hydrogen (secondary N) is 1. The lowest BCUT2D eigenvalue weighted by atomic mass is 9.83. The number of hydrogen-bond acceptors (Lipinski definition) is 1. The molecule has 0 amide bonds. The van der Waals surface area contributed by atoms with Crippen LogP contribution in [0.5, 0.6) is 0 Å². The summed E-state index contributed by atoms with van der Waals surface area (Å²) in [4.78, 5) is 3.24. The molecule has 0 bridgehead atoms. The third-order valence-corrected chi connectivity index (χ3v) is 4.65. The van der Waals surface area contributed by atoms with Crippen LogP contribution < -0.4 is 0 Å². The van der Waals surface area contributed by atoms with Gasteiger partial charge < -0.3 is 9.55 Å². The maximum atomic E-state index is 5.49. The molecule has 3 heteroatoms. The summed E-state index contributed by atoms with van der Waals surface area (Å²) in [6, 6.07) is 0.612. The van der Waals surface area contributed by atoms with Crippen LogP contribution in [0.25, 0.3) is 0 Å². The molecule has 0 radical (unpaired) electrons. The van der Waals surface area contributed by atoms with Crippen LogP contribution in [0.2, 0.25) is 0 Å². The van der Waals surface area contributed by atoms with E-state index in [9.17, 15) is 0 Å². The Balaban J connectivity index is 2.24. The molecular weight excluding hydrogens is 240 g/mol. The zero-order chi connectivity index (χ0) is 13.3. The Bertz CT molecular complexity index is 442. The van der Waals surface area contributed by atoms with E-state index >= 15 is 0 Å². The van der Waals surface area contributed by atoms with Crippen LogP contribution in [-0.2, 0) is 5.41 Å². The maximum absolute atomic E-state index is 5.49. The van der Waals surface area contributed by atoms with Gasteiger partial charge in [-0.2, -0.15) is 0 Å². The van der Waals surface area contributed by atoms with E-state index in [1.54, 1.807) is 0 Å². The first-order valence-electron chi connectivity index (χ1n) is 7.24. The normalized spacial score (nSPS) is 25.3. The van der Waals surface area contributed by atoms with Gasteiger partial charge in [-0.25, -0.2) is 0 Å². The molecule has 0 unspecified atom stereocenters. The van der Waals surface area contributed by atoms with Crippen LogP contribution in [0.4, 0.5) is 0 Å². The molecule has 1 aromatic heterocycles. The average molecular weight is 266 g/mol. The zero-order valence-corrected chi connectivity index (χ0v) is 12.9. The lowest BCUT2D eigenvalue weighted by Gasteiger charge is -2.32. The quantitative estimate of drug-likeness (QED) is 0.748. The Morgan fingerprint density at radius 1 is 1.28 bits per heavy atom. The number of H-pyrrole nitrogens is 1. The van der Waals surface area contributed by atoms with Gasteiger partial charge in [-0.3, -0.25) is 0 Å². The van der Waals surface area contributed by atoms with Gasteiger partial charge in [0.25, 0.3) is 0 Å². The molecule has 18 heavy (non-hydrogen) atoms. The van der Waals surface area contributed by atoms with Crippen molar-refractivity contribution < 1.29 is 0 Å². The van der Waals surface area contributed by atoms with Crippen LogP contribution in [0, 0.1) is 10.7 Å². The van der Waals surface area contributed by atoms with Gasteiger partial charge in [0.05, 0.1) is 0 Å². The third-order valence-electron chi connectivity index (χ3n) is 4.34. The van der Waals surface area contributed by atoms with Crippen LogP contribution >= 0.6 is 12.2 Å². The Morgan fingerprint density at radius 2 is 1.89 bits per heavy atom. The number of hydrogen-bond donors (Lipinski definition) is 1. The third kappa shape index (κ3) is 2.71. The van der Waals surface area contributed by atoms with Crippen LogP contribution in [0.1, 0.15) is 71.5 Å². The predicted molar refractivity (Wildman–Crippen MR) is 79.6 cm³/mol. The minimum Gasteiger partial charge on any atom is -0.337 e. The van der Waals surface area contributed by atoms with Crippen molar-refractivity contribution >= 4 is 12.2 Å². The smallest absolute Gasteiger partial charge is 0.177 e. The Labute approximate surface area is 116 Å². The van der Waals surface area contributed by atoms with Crippen molar-refractivity contribution in [1.29, 1.82) is 0 Å². The van der Waals surface area contributed by atoms with Crippen molar-refractivity contribution in [3.8, 4) is 0 Å². The fraction of sp³-hybridized carbons (Fsp3) is 0.800. The van der Waals surface area contributed by atoms with Gasteiger partial charge in [-0.05, 0) is 43.8 Å². The molecule has 0 aromatic carbocycles. The second-order valence-electron chi connectivity index (χ2n) is 6.68. The first-order chi connectivity index (χ1) is 8.43. The summed E-state index contributed by atoms with van der Waals surface area (Å²) in [6.07, 6.45) is 8.72. The molecule has 1 N–H and O–H groups in total. The predicted octanol–water partition coefficient (Wildman–Crippen LogP) is 4.98. The van der Waals surface area contributed by atoms with Gasteiger partial charge in [-0.1, -0.05) is 34.1 Å². The summed E-state index contributed by atoms with van der Waals surface area (Å²) in [6.45, 7) is 9.10. The first-order valence-corrected chi connectivity index (χ1v) is 7.64. The number of imidazole rings is 1. The molecule has 0 saturated heterocycles. The van der Waals surface area contributed by atoms with E-state index in [1.807, 2.05) is 0 Å². The van der Waals surface area contributed by atoms with Crippen LogP contribution in [0.3, 0.4) is 0 Å². The van der Waals surface area contributed by atoms with Gasteiger partial charge in [-0.15, -0.1) is 0 Å². The molecule has 0 aliphatic heterocycles. The van der Waals surface area contributed by atoms with Crippen LogP contribution in [-0.4, -0.2) is 9.55 Å². The lowest BCUT2D eigenvalue weighted by Crippen LogP contribution is -2.24. The van der Waals surface area contributed by atoms with Gasteiger partial charge in [0.15, 0.2) is 4.77 Å². The van der Waals surface area contributed by atoms with Gasteiger partial charge in [0.2, 0.25) is 0 Å². The largest absolute Gasteiger partial charge is 0.337 e. The van der Waals surface area contributed by atoms with E-state index < -0.39 is 0 Å². The summed E-state index contributed by atoms with van der Waals surface area (Å²) < 4.78 is 3.29. The number of rotatable bonds is 2. The summed E-state index contributed by atoms with van der Waals surface area (Å²) in [5, 5.41) is 0. The molecule has 0 atom stereocenters. The highest BCUT2D eigenvalue weighted by molar-refractivity contribution is 7.71. The Hall–Kier alpha value is -0.570. The van der Waals surface area contributed by atoms with E-state index in [0.29, 0.717) is 6.04 Å². The van der Waals surface area contributed by atoms with E-state index in [0.717, 1.165) is 10.7 Å². The second-order valence-corrected chi connectivity index (χ2v) is 7.07. The molecule has 1 heterocycles. The Kier molecular flexibility index (Phi) is 4.00. The molecule has 102 valence electrons. The molecule has 1 aromatic rings. The fourth-order valence-corrected chi connectivity index (χ4v) is 3.44. The van der Waals surface area contributed by atoms with Crippen molar-refractivity contribution in [2.24, 2.45) is 5.92 Å². The van der Waals surface area contributed by atoms with E-state index in [-0.39, 0.29) is 5.41 Å². The minimum atomic E-state index is 0.162. The molecule has 1 saturated carbocycles. The van der Waals surface area contributed by atoms with Crippen molar-refractivity contribution in [3.63, 3.8) is 0 Å². The summed E-state index contributed by atoms with van der Waals surface area (Å²) in [7, 11) is 0. The molecule has 1 fully saturated rings. The molecule has 2 rings (SSSR count). The number of aromatic amines is 1. The maximum Gasteiger partial charge on any atom is 0.177 e.